The molecule has 0 saturated carbocycles. The first kappa shape index (κ1) is 16.1. The van der Waals surface area contributed by atoms with Crippen molar-refractivity contribution in [2.75, 3.05) is 7.11 Å². The van der Waals surface area contributed by atoms with E-state index in [-0.39, 0.29) is 11.9 Å². The van der Waals surface area contributed by atoms with Crippen LogP contribution in [0.2, 0.25) is 15.3 Å². The molecule has 2 rings (SSSR count). The molecule has 112 valence electrons. The van der Waals surface area contributed by atoms with E-state index in [1.165, 1.54) is 12.4 Å². The lowest BCUT2D eigenvalue weighted by Gasteiger charge is -2.15. The zero-order valence-electron chi connectivity index (χ0n) is 11.5. The first-order valence-corrected chi connectivity index (χ1v) is 7.34. The summed E-state index contributed by atoms with van der Waals surface area (Å²) in [5.41, 5.74) is 1.62. The second kappa shape index (κ2) is 7.16. The third-order valence-electron chi connectivity index (χ3n) is 2.91. The summed E-state index contributed by atoms with van der Waals surface area (Å²) in [4.78, 5) is 7.68. The van der Waals surface area contributed by atoms with Crippen LogP contribution in [0.15, 0.2) is 18.5 Å². The Balaban J connectivity index is 2.28. The maximum Gasteiger partial charge on any atom is 0.222 e. The zero-order chi connectivity index (χ0) is 15.4. The van der Waals surface area contributed by atoms with Gasteiger partial charge in [-0.05, 0) is 29.7 Å². The smallest absolute Gasteiger partial charge is 0.222 e. The first-order valence-electron chi connectivity index (χ1n) is 6.20. The number of aryl methyl sites for hydroxylation is 1. The molecular formula is C14H13Cl3N2O2. The highest BCUT2D eigenvalue weighted by Crippen LogP contribution is 2.37. The lowest BCUT2D eigenvalue weighted by Crippen LogP contribution is -2.02. The summed E-state index contributed by atoms with van der Waals surface area (Å²) in [6.45, 7) is 2.19. The Morgan fingerprint density at radius 1 is 1.10 bits per heavy atom. The number of ether oxygens (including phenoxy) is 2. The molecule has 1 heterocycles. The number of aromatic nitrogens is 2. The minimum Gasteiger partial charge on any atom is -0.495 e. The summed E-state index contributed by atoms with van der Waals surface area (Å²) in [7, 11) is 1.56. The van der Waals surface area contributed by atoms with Crippen LogP contribution in [-0.2, 0) is 13.0 Å². The first-order chi connectivity index (χ1) is 10.1. The van der Waals surface area contributed by atoms with Crippen LogP contribution in [0.25, 0.3) is 0 Å². The molecule has 4 nitrogen and oxygen atoms in total. The monoisotopic (exact) mass is 346 g/mol. The molecule has 1 aromatic carbocycles. The molecule has 0 spiro atoms. The molecule has 0 aliphatic heterocycles. The van der Waals surface area contributed by atoms with E-state index in [1.54, 1.807) is 7.11 Å². The molecular weight excluding hydrogens is 335 g/mol. The van der Waals surface area contributed by atoms with E-state index in [4.69, 9.17) is 44.3 Å². The van der Waals surface area contributed by atoms with Gasteiger partial charge in [0.15, 0.2) is 5.75 Å². The van der Waals surface area contributed by atoms with Gasteiger partial charge in [0.1, 0.15) is 12.4 Å². The van der Waals surface area contributed by atoms with E-state index < -0.39 is 0 Å². The summed E-state index contributed by atoms with van der Waals surface area (Å²) in [6, 6.07) is 1.83. The van der Waals surface area contributed by atoms with Crippen LogP contribution in [0.5, 0.6) is 11.5 Å². The quantitative estimate of drug-likeness (QED) is 0.742. The van der Waals surface area contributed by atoms with Crippen LogP contribution < -0.4 is 9.47 Å². The second-order valence-electron chi connectivity index (χ2n) is 4.17. The molecule has 1 aromatic heterocycles. The largest absolute Gasteiger partial charge is 0.495 e. The number of methoxy groups -OCH3 is 1. The molecule has 2 aromatic rings. The molecule has 0 saturated heterocycles. The molecule has 0 aliphatic rings. The van der Waals surface area contributed by atoms with Crippen LogP contribution in [-0.4, -0.2) is 17.1 Å². The molecule has 7 heteroatoms. The molecule has 0 atom stereocenters. The summed E-state index contributed by atoms with van der Waals surface area (Å²) in [5, 5.41) is 1.18. The highest BCUT2D eigenvalue weighted by atomic mass is 35.5. The lowest BCUT2D eigenvalue weighted by molar-refractivity contribution is 0.302. The molecule has 0 radical (unpaired) electrons. The van der Waals surface area contributed by atoms with E-state index >= 15 is 0 Å². The summed E-state index contributed by atoms with van der Waals surface area (Å²) in [6.07, 6.45) is 3.74. The second-order valence-corrected chi connectivity index (χ2v) is 5.27. The molecule has 0 N–H and O–H groups in total. The van der Waals surface area contributed by atoms with Crippen molar-refractivity contribution in [2.45, 2.75) is 20.0 Å². The SMILES string of the molecule is CCc1cc(OC)c(Cl)c(COc2cnc(Cl)nc2)c1Cl. The van der Waals surface area contributed by atoms with E-state index in [9.17, 15) is 0 Å². The predicted octanol–water partition coefficient (Wildman–Crippen LogP) is 4.59. The van der Waals surface area contributed by atoms with Gasteiger partial charge in [-0.25, -0.2) is 9.97 Å². The van der Waals surface area contributed by atoms with Crippen molar-refractivity contribution in [2.24, 2.45) is 0 Å². The van der Waals surface area contributed by atoms with E-state index in [1.807, 2.05) is 13.0 Å². The van der Waals surface area contributed by atoms with Crippen molar-refractivity contribution in [1.29, 1.82) is 0 Å². The number of benzene rings is 1. The Morgan fingerprint density at radius 3 is 2.33 bits per heavy atom. The minimum absolute atomic E-state index is 0.160. The maximum atomic E-state index is 6.36. The standard InChI is InChI=1S/C14H13Cl3N2O2/c1-3-8-4-11(20-2)13(16)10(12(8)15)7-21-9-5-18-14(17)19-6-9/h4-6H,3,7H2,1-2H3. The third kappa shape index (κ3) is 3.70. The van der Waals surface area contributed by atoms with Crippen LogP contribution in [0.1, 0.15) is 18.1 Å². The van der Waals surface area contributed by atoms with Crippen LogP contribution >= 0.6 is 34.8 Å². The number of halogens is 3. The maximum absolute atomic E-state index is 6.36. The topological polar surface area (TPSA) is 44.2 Å². The molecule has 0 unspecified atom stereocenters. The van der Waals surface area contributed by atoms with Gasteiger partial charge in [0.05, 0.1) is 29.5 Å². The van der Waals surface area contributed by atoms with Crippen molar-refractivity contribution in [3.05, 3.63) is 44.9 Å². The van der Waals surface area contributed by atoms with Crippen molar-refractivity contribution in [1.82, 2.24) is 9.97 Å². The van der Waals surface area contributed by atoms with Gasteiger partial charge in [-0.1, -0.05) is 30.1 Å². The predicted molar refractivity (Wildman–Crippen MR) is 83.8 cm³/mol. The Bertz CT molecular complexity index is 605. The summed E-state index contributed by atoms with van der Waals surface area (Å²) < 4.78 is 10.9. The molecule has 0 aliphatic carbocycles. The van der Waals surface area contributed by atoms with Gasteiger partial charge in [0.25, 0.3) is 0 Å². The Morgan fingerprint density at radius 2 is 1.76 bits per heavy atom. The third-order valence-corrected chi connectivity index (χ3v) is 3.99. The van der Waals surface area contributed by atoms with Crippen molar-refractivity contribution < 1.29 is 9.47 Å². The van der Waals surface area contributed by atoms with E-state index in [0.29, 0.717) is 27.1 Å². The van der Waals surface area contributed by atoms with Crippen LogP contribution in [0, 0.1) is 0 Å². The zero-order valence-corrected chi connectivity index (χ0v) is 13.8. The fraction of sp³-hybridized carbons (Fsp3) is 0.286. The van der Waals surface area contributed by atoms with Gasteiger partial charge in [-0.2, -0.15) is 0 Å². The van der Waals surface area contributed by atoms with E-state index in [0.717, 1.165) is 12.0 Å². The normalized spacial score (nSPS) is 10.5. The number of hydrogen-bond donors (Lipinski definition) is 0. The van der Waals surface area contributed by atoms with E-state index in [2.05, 4.69) is 9.97 Å². The lowest BCUT2D eigenvalue weighted by atomic mass is 10.1. The Labute approximate surface area is 138 Å². The summed E-state index contributed by atoms with van der Waals surface area (Å²) >= 11 is 18.3. The molecule has 0 fully saturated rings. The van der Waals surface area contributed by atoms with Gasteiger partial charge in [0.2, 0.25) is 5.28 Å². The highest BCUT2D eigenvalue weighted by molar-refractivity contribution is 6.37. The van der Waals surface area contributed by atoms with Crippen molar-refractivity contribution >= 4 is 34.8 Å². The molecule has 0 bridgehead atoms. The van der Waals surface area contributed by atoms with Crippen molar-refractivity contribution in [3.8, 4) is 11.5 Å². The number of hydrogen-bond acceptors (Lipinski definition) is 4. The minimum atomic E-state index is 0.160. The number of rotatable bonds is 5. The van der Waals surface area contributed by atoms with Gasteiger partial charge in [0, 0.05) is 5.56 Å². The molecule has 21 heavy (non-hydrogen) atoms. The highest BCUT2D eigenvalue weighted by Gasteiger charge is 2.16. The van der Waals surface area contributed by atoms with Crippen LogP contribution in [0.3, 0.4) is 0 Å². The van der Waals surface area contributed by atoms with Gasteiger partial charge in [-0.15, -0.1) is 0 Å². The van der Waals surface area contributed by atoms with Gasteiger partial charge >= 0.3 is 0 Å². The average Bonchev–Trinajstić information content (AvgIpc) is 2.49. The van der Waals surface area contributed by atoms with Gasteiger partial charge < -0.3 is 9.47 Å². The molecule has 0 amide bonds. The Kier molecular flexibility index (Phi) is 5.51. The number of nitrogens with zero attached hydrogens (tertiary/aromatic N) is 2. The summed E-state index contributed by atoms with van der Waals surface area (Å²) in [5.74, 6) is 1.05. The fourth-order valence-corrected chi connectivity index (χ4v) is 2.55. The van der Waals surface area contributed by atoms with Gasteiger partial charge in [-0.3, -0.25) is 0 Å². The van der Waals surface area contributed by atoms with Crippen molar-refractivity contribution in [3.63, 3.8) is 0 Å². The van der Waals surface area contributed by atoms with Crippen LogP contribution in [0.4, 0.5) is 0 Å². The Hall–Kier alpha value is -1.23. The average molecular weight is 348 g/mol. The fourth-order valence-electron chi connectivity index (χ4n) is 1.79.